The van der Waals surface area contributed by atoms with Crippen LogP contribution in [-0.2, 0) is 21.2 Å². The minimum Gasteiger partial charge on any atom is -0.484 e. The largest absolute Gasteiger partial charge is 0.484 e. The fourth-order valence-electron chi connectivity index (χ4n) is 2.69. The SMILES string of the molecule is Cc1ccc(NS(=O)(=O)c2ccc(OCC(=O)Nc3ccc(CC#N)cc3)cc2)cc1. The van der Waals surface area contributed by atoms with E-state index < -0.39 is 10.0 Å². The fourth-order valence-corrected chi connectivity index (χ4v) is 3.75. The summed E-state index contributed by atoms with van der Waals surface area (Å²) >= 11 is 0. The zero-order valence-corrected chi connectivity index (χ0v) is 17.6. The Morgan fingerprint density at radius 3 is 2.16 bits per heavy atom. The van der Waals surface area contributed by atoms with Gasteiger partial charge in [0, 0.05) is 11.4 Å². The van der Waals surface area contributed by atoms with Gasteiger partial charge in [0.25, 0.3) is 15.9 Å². The molecule has 158 valence electrons. The molecule has 0 bridgehead atoms. The van der Waals surface area contributed by atoms with E-state index in [4.69, 9.17) is 10.00 Å². The third kappa shape index (κ3) is 6.32. The summed E-state index contributed by atoms with van der Waals surface area (Å²) in [5.74, 6) is 0.0135. The normalized spacial score (nSPS) is 10.7. The molecule has 3 aromatic rings. The van der Waals surface area contributed by atoms with Crippen molar-refractivity contribution in [2.24, 2.45) is 0 Å². The van der Waals surface area contributed by atoms with Crippen LogP contribution >= 0.6 is 0 Å². The molecule has 0 atom stereocenters. The minimum absolute atomic E-state index is 0.0855. The van der Waals surface area contributed by atoms with Gasteiger partial charge in [-0.15, -0.1) is 0 Å². The summed E-state index contributed by atoms with van der Waals surface area (Å²) in [7, 11) is -3.73. The van der Waals surface area contributed by atoms with E-state index in [-0.39, 0.29) is 17.4 Å². The molecule has 0 radical (unpaired) electrons. The Kier molecular flexibility index (Phi) is 6.90. The lowest BCUT2D eigenvalue weighted by Gasteiger charge is -2.10. The number of carbonyl (C=O) groups is 1. The predicted molar refractivity (Wildman–Crippen MR) is 118 cm³/mol. The molecule has 31 heavy (non-hydrogen) atoms. The summed E-state index contributed by atoms with van der Waals surface area (Å²) in [6.45, 7) is 1.69. The molecule has 0 heterocycles. The second kappa shape index (κ2) is 9.78. The average Bonchev–Trinajstić information content (AvgIpc) is 2.76. The number of hydrogen-bond donors (Lipinski definition) is 2. The van der Waals surface area contributed by atoms with Crippen LogP contribution in [0.4, 0.5) is 11.4 Å². The third-order valence-corrected chi connectivity index (χ3v) is 5.73. The van der Waals surface area contributed by atoms with Gasteiger partial charge in [-0.1, -0.05) is 29.8 Å². The summed E-state index contributed by atoms with van der Waals surface area (Å²) in [6.07, 6.45) is 0.309. The molecule has 7 nitrogen and oxygen atoms in total. The van der Waals surface area contributed by atoms with E-state index >= 15 is 0 Å². The van der Waals surface area contributed by atoms with E-state index in [1.807, 2.05) is 19.1 Å². The average molecular weight is 436 g/mol. The molecule has 0 saturated carbocycles. The quantitative estimate of drug-likeness (QED) is 0.558. The number of ether oxygens (including phenoxy) is 1. The molecule has 3 aromatic carbocycles. The topological polar surface area (TPSA) is 108 Å². The number of benzene rings is 3. The number of carbonyl (C=O) groups excluding carboxylic acids is 1. The van der Waals surface area contributed by atoms with Crippen LogP contribution < -0.4 is 14.8 Å². The Balaban J connectivity index is 1.54. The van der Waals surface area contributed by atoms with Crippen LogP contribution in [0.2, 0.25) is 0 Å². The van der Waals surface area contributed by atoms with Gasteiger partial charge < -0.3 is 10.1 Å². The number of anilines is 2. The maximum absolute atomic E-state index is 12.5. The Morgan fingerprint density at radius 1 is 0.935 bits per heavy atom. The highest BCUT2D eigenvalue weighted by Crippen LogP contribution is 2.20. The van der Waals surface area contributed by atoms with Gasteiger partial charge in [0.2, 0.25) is 0 Å². The lowest BCUT2D eigenvalue weighted by atomic mass is 10.1. The van der Waals surface area contributed by atoms with Gasteiger partial charge in [-0.3, -0.25) is 9.52 Å². The number of sulfonamides is 1. The first-order chi connectivity index (χ1) is 14.9. The molecule has 0 fully saturated rings. The van der Waals surface area contributed by atoms with Crippen LogP contribution in [-0.4, -0.2) is 20.9 Å². The molecule has 0 saturated heterocycles. The number of aryl methyl sites for hydroxylation is 1. The van der Waals surface area contributed by atoms with Crippen LogP contribution in [0.3, 0.4) is 0 Å². The van der Waals surface area contributed by atoms with Gasteiger partial charge in [-0.25, -0.2) is 8.42 Å². The van der Waals surface area contributed by atoms with E-state index in [0.717, 1.165) is 11.1 Å². The van der Waals surface area contributed by atoms with Gasteiger partial charge in [0.15, 0.2) is 6.61 Å². The second-order valence-corrected chi connectivity index (χ2v) is 8.49. The van der Waals surface area contributed by atoms with Gasteiger partial charge in [0.05, 0.1) is 17.4 Å². The van der Waals surface area contributed by atoms with Crippen molar-refractivity contribution in [3.8, 4) is 11.8 Å². The van der Waals surface area contributed by atoms with Crippen molar-refractivity contribution >= 4 is 27.3 Å². The Hall–Kier alpha value is -3.83. The van der Waals surface area contributed by atoms with Crippen molar-refractivity contribution in [3.05, 3.63) is 83.9 Å². The van der Waals surface area contributed by atoms with Crippen LogP contribution in [0.25, 0.3) is 0 Å². The first-order valence-electron chi connectivity index (χ1n) is 9.44. The van der Waals surface area contributed by atoms with Gasteiger partial charge in [0.1, 0.15) is 5.75 Å². The predicted octanol–water partition coefficient (Wildman–Crippen LogP) is 3.88. The van der Waals surface area contributed by atoms with Gasteiger partial charge in [-0.2, -0.15) is 5.26 Å². The monoisotopic (exact) mass is 435 g/mol. The Morgan fingerprint density at radius 2 is 1.55 bits per heavy atom. The van der Waals surface area contributed by atoms with Crippen LogP contribution in [0.15, 0.2) is 77.7 Å². The zero-order valence-electron chi connectivity index (χ0n) is 16.8. The van der Waals surface area contributed by atoms with Crippen LogP contribution in [0, 0.1) is 18.3 Å². The lowest BCUT2D eigenvalue weighted by molar-refractivity contribution is -0.118. The molecule has 0 aromatic heterocycles. The maximum Gasteiger partial charge on any atom is 0.262 e. The summed E-state index contributed by atoms with van der Waals surface area (Å²) < 4.78 is 32.9. The molecule has 8 heteroatoms. The standard InChI is InChI=1S/C23H21N3O4S/c1-17-2-6-20(7-3-17)26-31(28,29)22-12-10-21(11-13-22)30-16-23(27)25-19-8-4-18(5-9-19)14-15-24/h2-13,26H,14,16H2,1H3,(H,25,27). The Bertz CT molecular complexity index is 1180. The fraction of sp³-hybridized carbons (Fsp3) is 0.130. The molecule has 0 aliphatic heterocycles. The summed E-state index contributed by atoms with van der Waals surface area (Å²) in [5.41, 5.74) is 2.97. The summed E-state index contributed by atoms with van der Waals surface area (Å²) in [6, 6.07) is 21.9. The second-order valence-electron chi connectivity index (χ2n) is 6.81. The minimum atomic E-state index is -3.73. The van der Waals surface area contributed by atoms with Gasteiger partial charge >= 0.3 is 0 Å². The molecule has 2 N–H and O–H groups in total. The molecule has 0 aliphatic rings. The molecule has 1 amide bonds. The van der Waals surface area contributed by atoms with Crippen molar-refractivity contribution in [1.82, 2.24) is 0 Å². The summed E-state index contributed by atoms with van der Waals surface area (Å²) in [4.78, 5) is 12.1. The van der Waals surface area contributed by atoms with E-state index in [1.165, 1.54) is 24.3 Å². The van der Waals surface area contributed by atoms with E-state index in [0.29, 0.717) is 23.5 Å². The third-order valence-electron chi connectivity index (χ3n) is 4.33. The smallest absolute Gasteiger partial charge is 0.262 e. The first kappa shape index (κ1) is 21.9. The number of amides is 1. The summed E-state index contributed by atoms with van der Waals surface area (Å²) in [5, 5.41) is 11.4. The van der Waals surface area contributed by atoms with Crippen molar-refractivity contribution in [1.29, 1.82) is 5.26 Å². The Labute approximate surface area is 181 Å². The highest BCUT2D eigenvalue weighted by atomic mass is 32.2. The molecule has 0 spiro atoms. The van der Waals surface area contributed by atoms with Crippen LogP contribution in [0.1, 0.15) is 11.1 Å². The highest BCUT2D eigenvalue weighted by Gasteiger charge is 2.14. The van der Waals surface area contributed by atoms with Crippen LogP contribution in [0.5, 0.6) is 5.75 Å². The molecular formula is C23H21N3O4S. The van der Waals surface area contributed by atoms with Crippen molar-refractivity contribution in [2.45, 2.75) is 18.2 Å². The van der Waals surface area contributed by atoms with E-state index in [9.17, 15) is 13.2 Å². The lowest BCUT2D eigenvalue weighted by Crippen LogP contribution is -2.20. The highest BCUT2D eigenvalue weighted by molar-refractivity contribution is 7.92. The molecule has 3 rings (SSSR count). The van der Waals surface area contributed by atoms with Crippen molar-refractivity contribution in [3.63, 3.8) is 0 Å². The first-order valence-corrected chi connectivity index (χ1v) is 10.9. The van der Waals surface area contributed by atoms with E-state index in [1.54, 1.807) is 36.4 Å². The van der Waals surface area contributed by atoms with Gasteiger partial charge in [-0.05, 0) is 61.0 Å². The molecular weight excluding hydrogens is 414 g/mol. The van der Waals surface area contributed by atoms with Crippen molar-refractivity contribution < 1.29 is 17.9 Å². The maximum atomic E-state index is 12.5. The van der Waals surface area contributed by atoms with Crippen molar-refractivity contribution in [2.75, 3.05) is 16.6 Å². The number of nitriles is 1. The molecule has 0 unspecified atom stereocenters. The van der Waals surface area contributed by atoms with E-state index in [2.05, 4.69) is 16.1 Å². The number of nitrogens with zero attached hydrogens (tertiary/aromatic N) is 1. The number of hydrogen-bond acceptors (Lipinski definition) is 5. The molecule has 0 aliphatic carbocycles. The zero-order chi connectivity index (χ0) is 22.3. The number of nitrogens with one attached hydrogen (secondary N) is 2. The number of rotatable bonds is 8.